The molecule has 0 fully saturated rings. The number of rotatable bonds is 6. The monoisotopic (exact) mass is 307 g/mol. The van der Waals surface area contributed by atoms with Gasteiger partial charge in [-0.1, -0.05) is 12.1 Å². The standard InChI is InChI=1S/C13H16F3NO4/c1-12(11(19)20,13(14,15)16)17-7-10(18)8-4-3-5-9(6-8)21-2/h3-6,10,17-18H,7H2,1-2H3,(H,19,20). The van der Waals surface area contributed by atoms with Crippen molar-refractivity contribution in [1.82, 2.24) is 5.32 Å². The molecule has 0 bridgehead atoms. The lowest BCUT2D eigenvalue weighted by Crippen LogP contribution is -2.60. The minimum Gasteiger partial charge on any atom is -0.497 e. The number of aliphatic carboxylic acids is 1. The van der Waals surface area contributed by atoms with Gasteiger partial charge in [0.15, 0.2) is 0 Å². The van der Waals surface area contributed by atoms with Crippen molar-refractivity contribution in [2.45, 2.75) is 24.7 Å². The van der Waals surface area contributed by atoms with Gasteiger partial charge in [0.25, 0.3) is 0 Å². The van der Waals surface area contributed by atoms with Crippen LogP contribution in [0.3, 0.4) is 0 Å². The molecule has 8 heteroatoms. The van der Waals surface area contributed by atoms with Gasteiger partial charge in [-0.3, -0.25) is 5.32 Å². The van der Waals surface area contributed by atoms with Crippen LogP contribution in [0, 0.1) is 0 Å². The fraction of sp³-hybridized carbons (Fsp3) is 0.462. The zero-order valence-electron chi connectivity index (χ0n) is 11.4. The Labute approximate surface area is 119 Å². The fourth-order valence-corrected chi connectivity index (χ4v) is 1.56. The molecule has 1 aromatic rings. The van der Waals surface area contributed by atoms with E-state index in [4.69, 9.17) is 9.84 Å². The number of methoxy groups -OCH3 is 1. The van der Waals surface area contributed by atoms with E-state index in [1.54, 1.807) is 12.1 Å². The van der Waals surface area contributed by atoms with Gasteiger partial charge < -0.3 is 14.9 Å². The van der Waals surface area contributed by atoms with Crippen LogP contribution in [0.15, 0.2) is 24.3 Å². The van der Waals surface area contributed by atoms with E-state index in [9.17, 15) is 23.1 Å². The number of hydrogen-bond donors (Lipinski definition) is 3. The molecule has 0 aromatic heterocycles. The van der Waals surface area contributed by atoms with Gasteiger partial charge in [-0.05, 0) is 24.6 Å². The van der Waals surface area contributed by atoms with Crippen LogP contribution in [-0.2, 0) is 4.79 Å². The zero-order valence-corrected chi connectivity index (χ0v) is 11.4. The van der Waals surface area contributed by atoms with Crippen LogP contribution in [0.2, 0.25) is 0 Å². The predicted octanol–water partition coefficient (Wildman–Crippen LogP) is 1.72. The van der Waals surface area contributed by atoms with Crippen molar-refractivity contribution in [2.75, 3.05) is 13.7 Å². The van der Waals surface area contributed by atoms with Crippen LogP contribution < -0.4 is 10.1 Å². The third-order valence-corrected chi connectivity index (χ3v) is 3.12. The maximum Gasteiger partial charge on any atom is 0.417 e. The van der Waals surface area contributed by atoms with Crippen LogP contribution in [0.5, 0.6) is 5.75 Å². The van der Waals surface area contributed by atoms with Crippen LogP contribution in [0.25, 0.3) is 0 Å². The highest BCUT2D eigenvalue weighted by atomic mass is 19.4. The maximum absolute atomic E-state index is 12.8. The molecular formula is C13H16F3NO4. The number of aliphatic hydroxyl groups is 1. The quantitative estimate of drug-likeness (QED) is 0.746. The molecule has 1 aromatic carbocycles. The van der Waals surface area contributed by atoms with E-state index in [1.807, 2.05) is 5.32 Å². The molecule has 2 unspecified atom stereocenters. The Hall–Kier alpha value is -1.80. The number of carboxylic acids is 1. The first-order chi connectivity index (χ1) is 9.61. The van der Waals surface area contributed by atoms with E-state index in [0.717, 1.165) is 0 Å². The normalized spacial score (nSPS) is 16.1. The average molecular weight is 307 g/mol. The van der Waals surface area contributed by atoms with Gasteiger partial charge in [0.2, 0.25) is 5.54 Å². The largest absolute Gasteiger partial charge is 0.497 e. The Morgan fingerprint density at radius 2 is 2.05 bits per heavy atom. The molecule has 5 nitrogen and oxygen atoms in total. The second-order valence-electron chi connectivity index (χ2n) is 4.60. The lowest BCUT2D eigenvalue weighted by molar-refractivity contribution is -0.206. The summed E-state index contributed by atoms with van der Waals surface area (Å²) in [7, 11) is 1.41. The smallest absolute Gasteiger partial charge is 0.417 e. The number of benzene rings is 1. The summed E-state index contributed by atoms with van der Waals surface area (Å²) >= 11 is 0. The van der Waals surface area contributed by atoms with Crippen molar-refractivity contribution in [2.24, 2.45) is 0 Å². The molecule has 118 valence electrons. The maximum atomic E-state index is 12.8. The summed E-state index contributed by atoms with van der Waals surface area (Å²) in [6, 6.07) is 6.14. The fourth-order valence-electron chi connectivity index (χ4n) is 1.56. The van der Waals surface area contributed by atoms with Crippen molar-refractivity contribution in [3.05, 3.63) is 29.8 Å². The summed E-state index contributed by atoms with van der Waals surface area (Å²) in [5.74, 6) is -1.63. The third kappa shape index (κ3) is 3.85. The molecule has 21 heavy (non-hydrogen) atoms. The van der Waals surface area contributed by atoms with E-state index in [2.05, 4.69) is 0 Å². The van der Waals surface area contributed by atoms with E-state index < -0.39 is 30.3 Å². The lowest BCUT2D eigenvalue weighted by atomic mass is 10.0. The molecule has 0 amide bonds. The van der Waals surface area contributed by atoms with E-state index in [-0.39, 0.29) is 0 Å². The molecule has 0 aliphatic heterocycles. The highest BCUT2D eigenvalue weighted by Gasteiger charge is 2.57. The number of β-amino-alcohol motifs (C(OH)–C–C–N with tert-alkyl or cyclic N) is 1. The van der Waals surface area contributed by atoms with Crippen molar-refractivity contribution in [1.29, 1.82) is 0 Å². The zero-order chi connectivity index (χ0) is 16.3. The number of carboxylic acid groups (broad SMARTS) is 1. The number of halogens is 3. The number of ether oxygens (including phenoxy) is 1. The van der Waals surface area contributed by atoms with E-state index >= 15 is 0 Å². The topological polar surface area (TPSA) is 78.8 Å². The van der Waals surface area contributed by atoms with E-state index in [0.29, 0.717) is 18.2 Å². The second-order valence-corrected chi connectivity index (χ2v) is 4.60. The Morgan fingerprint density at radius 1 is 1.43 bits per heavy atom. The number of carbonyl (C=O) groups is 1. The van der Waals surface area contributed by atoms with Gasteiger partial charge >= 0.3 is 12.1 Å². The van der Waals surface area contributed by atoms with Gasteiger partial charge in [0.05, 0.1) is 13.2 Å². The highest BCUT2D eigenvalue weighted by molar-refractivity contribution is 5.79. The van der Waals surface area contributed by atoms with Crippen molar-refractivity contribution >= 4 is 5.97 Å². The summed E-state index contributed by atoms with van der Waals surface area (Å²) in [4.78, 5) is 10.8. The number of alkyl halides is 3. The Morgan fingerprint density at radius 3 is 2.52 bits per heavy atom. The minimum absolute atomic E-state index is 0.316. The molecule has 2 atom stereocenters. The second kappa shape index (κ2) is 6.31. The van der Waals surface area contributed by atoms with Crippen LogP contribution >= 0.6 is 0 Å². The average Bonchev–Trinajstić information content (AvgIpc) is 2.42. The highest BCUT2D eigenvalue weighted by Crippen LogP contribution is 2.31. The molecule has 0 aliphatic carbocycles. The summed E-state index contributed by atoms with van der Waals surface area (Å²) in [5.41, 5.74) is -2.82. The number of hydrogen-bond acceptors (Lipinski definition) is 4. The summed E-state index contributed by atoms with van der Waals surface area (Å²) in [6.07, 6.45) is -6.30. The first-order valence-electron chi connectivity index (χ1n) is 5.99. The molecule has 0 heterocycles. The van der Waals surface area contributed by atoms with Gasteiger partial charge in [-0.25, -0.2) is 4.79 Å². The van der Waals surface area contributed by atoms with Crippen molar-refractivity contribution < 1.29 is 32.9 Å². The molecule has 0 saturated carbocycles. The summed E-state index contributed by atoms with van der Waals surface area (Å²) in [6.45, 7) is -0.0664. The van der Waals surface area contributed by atoms with Gasteiger partial charge in [-0.2, -0.15) is 13.2 Å². The Kier molecular flexibility index (Phi) is 5.19. The minimum atomic E-state index is -4.99. The molecule has 0 saturated heterocycles. The van der Waals surface area contributed by atoms with E-state index in [1.165, 1.54) is 19.2 Å². The Bertz CT molecular complexity index is 506. The number of nitrogens with one attached hydrogen (secondary N) is 1. The van der Waals surface area contributed by atoms with Crippen LogP contribution in [-0.4, -0.2) is 41.6 Å². The first-order valence-corrected chi connectivity index (χ1v) is 5.99. The molecule has 0 spiro atoms. The molecule has 3 N–H and O–H groups in total. The SMILES string of the molecule is COc1cccc(C(O)CNC(C)(C(=O)O)C(F)(F)F)c1. The van der Waals surface area contributed by atoms with Crippen molar-refractivity contribution in [3.8, 4) is 5.75 Å². The predicted molar refractivity (Wildman–Crippen MR) is 68.1 cm³/mol. The Balaban J connectivity index is 2.83. The van der Waals surface area contributed by atoms with Crippen LogP contribution in [0.1, 0.15) is 18.6 Å². The van der Waals surface area contributed by atoms with Gasteiger partial charge in [-0.15, -0.1) is 0 Å². The first kappa shape index (κ1) is 17.3. The van der Waals surface area contributed by atoms with Gasteiger partial charge in [0, 0.05) is 6.54 Å². The summed E-state index contributed by atoms with van der Waals surface area (Å²) < 4.78 is 43.3. The number of aliphatic hydroxyl groups excluding tert-OH is 1. The van der Waals surface area contributed by atoms with Gasteiger partial charge in [0.1, 0.15) is 5.75 Å². The molecule has 0 aliphatic rings. The molecule has 1 rings (SSSR count). The lowest BCUT2D eigenvalue weighted by Gasteiger charge is -2.29. The summed E-state index contributed by atoms with van der Waals surface area (Å²) in [5, 5.41) is 20.5. The third-order valence-electron chi connectivity index (χ3n) is 3.12. The van der Waals surface area contributed by atoms with Crippen molar-refractivity contribution in [3.63, 3.8) is 0 Å². The molecule has 0 radical (unpaired) electrons. The molecular weight excluding hydrogens is 291 g/mol. The van der Waals surface area contributed by atoms with Crippen LogP contribution in [0.4, 0.5) is 13.2 Å².